The molecule has 1 aliphatic heterocycles. The SMILES string of the molecule is CC(C)(C)OC(=O)NCC(=O)NCc1ccc(NC(=O)C(Cc2ccccc2)N2C(=O)c3ccccc3C2=O)cc1. The number of nitrogens with zero attached hydrogens (tertiary/aromatic N) is 1. The van der Waals surface area contributed by atoms with Crippen molar-refractivity contribution in [1.82, 2.24) is 15.5 Å². The molecule has 0 aliphatic carbocycles. The Morgan fingerprint density at radius 3 is 1.95 bits per heavy atom. The van der Waals surface area contributed by atoms with Crippen LogP contribution in [0.3, 0.4) is 0 Å². The summed E-state index contributed by atoms with van der Waals surface area (Å²) in [7, 11) is 0. The number of hydrogen-bond donors (Lipinski definition) is 3. The topological polar surface area (TPSA) is 134 Å². The van der Waals surface area contributed by atoms with Crippen molar-refractivity contribution in [3.8, 4) is 0 Å². The van der Waals surface area contributed by atoms with Crippen LogP contribution in [-0.2, 0) is 27.3 Å². The third-order valence-electron chi connectivity index (χ3n) is 6.22. The summed E-state index contributed by atoms with van der Waals surface area (Å²) >= 11 is 0. The number of ether oxygens (including phenoxy) is 1. The van der Waals surface area contributed by atoms with E-state index in [0.29, 0.717) is 5.69 Å². The number of carbonyl (C=O) groups is 5. The predicted octanol–water partition coefficient (Wildman–Crippen LogP) is 3.67. The second-order valence-corrected chi connectivity index (χ2v) is 10.5. The van der Waals surface area contributed by atoms with Gasteiger partial charge < -0.3 is 20.7 Å². The van der Waals surface area contributed by atoms with Crippen molar-refractivity contribution < 1.29 is 28.7 Å². The minimum Gasteiger partial charge on any atom is -0.444 e. The highest BCUT2D eigenvalue weighted by atomic mass is 16.6. The molecule has 0 spiro atoms. The van der Waals surface area contributed by atoms with Crippen molar-refractivity contribution >= 4 is 35.4 Å². The molecule has 0 aromatic heterocycles. The van der Waals surface area contributed by atoms with Crippen molar-refractivity contribution in [1.29, 1.82) is 0 Å². The van der Waals surface area contributed by atoms with E-state index in [4.69, 9.17) is 4.74 Å². The summed E-state index contributed by atoms with van der Waals surface area (Å²) in [6, 6.07) is 21.4. The van der Waals surface area contributed by atoms with Gasteiger partial charge in [0.05, 0.1) is 11.1 Å². The molecule has 1 aliphatic rings. The average molecular weight is 557 g/mol. The van der Waals surface area contributed by atoms with Gasteiger partial charge in [-0.2, -0.15) is 0 Å². The fourth-order valence-electron chi connectivity index (χ4n) is 4.29. The molecule has 0 fully saturated rings. The highest BCUT2D eigenvalue weighted by Gasteiger charge is 2.42. The maximum absolute atomic E-state index is 13.5. The number of fused-ring (bicyclic) bond motifs is 1. The van der Waals surface area contributed by atoms with Crippen LogP contribution >= 0.6 is 0 Å². The molecule has 1 atom stereocenters. The van der Waals surface area contributed by atoms with E-state index >= 15 is 0 Å². The highest BCUT2D eigenvalue weighted by Crippen LogP contribution is 2.26. The van der Waals surface area contributed by atoms with Gasteiger partial charge in [-0.1, -0.05) is 54.6 Å². The molecular formula is C31H32N4O6. The fourth-order valence-corrected chi connectivity index (χ4v) is 4.29. The largest absolute Gasteiger partial charge is 0.444 e. The zero-order chi connectivity index (χ0) is 29.6. The lowest BCUT2D eigenvalue weighted by molar-refractivity contribution is -0.120. The monoisotopic (exact) mass is 556 g/mol. The van der Waals surface area contributed by atoms with E-state index in [9.17, 15) is 24.0 Å². The van der Waals surface area contributed by atoms with Gasteiger partial charge in [0.2, 0.25) is 11.8 Å². The second kappa shape index (κ2) is 12.5. The molecule has 0 saturated carbocycles. The minimum atomic E-state index is -1.07. The van der Waals surface area contributed by atoms with Gasteiger partial charge in [0.25, 0.3) is 11.8 Å². The second-order valence-electron chi connectivity index (χ2n) is 10.5. The van der Waals surface area contributed by atoms with Crippen LogP contribution in [0.25, 0.3) is 0 Å². The van der Waals surface area contributed by atoms with Crippen molar-refractivity contribution in [2.24, 2.45) is 0 Å². The van der Waals surface area contributed by atoms with Gasteiger partial charge >= 0.3 is 6.09 Å². The van der Waals surface area contributed by atoms with E-state index in [-0.39, 0.29) is 30.6 Å². The number of carbonyl (C=O) groups excluding carboxylic acids is 5. The number of alkyl carbamates (subject to hydrolysis) is 1. The smallest absolute Gasteiger partial charge is 0.408 e. The quantitative estimate of drug-likeness (QED) is 0.345. The maximum atomic E-state index is 13.5. The summed E-state index contributed by atoms with van der Waals surface area (Å²) in [5.74, 6) is -1.90. The van der Waals surface area contributed by atoms with E-state index in [1.807, 2.05) is 30.3 Å². The summed E-state index contributed by atoms with van der Waals surface area (Å²) in [6.07, 6.45) is -0.529. The normalized spacial score (nSPS) is 13.3. The van der Waals surface area contributed by atoms with Gasteiger partial charge in [-0.15, -0.1) is 0 Å². The number of amides is 5. The van der Waals surface area contributed by atoms with Gasteiger partial charge in [0.1, 0.15) is 18.2 Å². The van der Waals surface area contributed by atoms with E-state index < -0.39 is 41.4 Å². The third-order valence-corrected chi connectivity index (χ3v) is 6.22. The molecular weight excluding hydrogens is 524 g/mol. The van der Waals surface area contributed by atoms with Crippen molar-refractivity contribution in [2.45, 2.75) is 45.4 Å². The Labute approximate surface area is 238 Å². The zero-order valence-electron chi connectivity index (χ0n) is 23.1. The molecule has 1 heterocycles. The van der Waals surface area contributed by atoms with Gasteiger partial charge in [0, 0.05) is 18.7 Å². The van der Waals surface area contributed by atoms with E-state index in [1.54, 1.807) is 69.3 Å². The predicted molar refractivity (Wildman–Crippen MR) is 152 cm³/mol. The number of benzene rings is 3. The molecule has 212 valence electrons. The zero-order valence-corrected chi connectivity index (χ0v) is 23.1. The molecule has 10 nitrogen and oxygen atoms in total. The molecule has 0 saturated heterocycles. The molecule has 3 N–H and O–H groups in total. The van der Waals surface area contributed by atoms with Gasteiger partial charge in [-0.25, -0.2) is 4.79 Å². The minimum absolute atomic E-state index is 0.152. The summed E-state index contributed by atoms with van der Waals surface area (Å²) in [6.45, 7) is 5.16. The first-order valence-corrected chi connectivity index (χ1v) is 13.2. The lowest BCUT2D eigenvalue weighted by Gasteiger charge is -2.25. The van der Waals surface area contributed by atoms with Crippen LogP contribution in [0.2, 0.25) is 0 Å². The Hall–Kier alpha value is -4.99. The Bertz CT molecular complexity index is 1410. The van der Waals surface area contributed by atoms with Crippen LogP contribution in [0.4, 0.5) is 10.5 Å². The summed E-state index contributed by atoms with van der Waals surface area (Å²) in [4.78, 5) is 64.7. The Kier molecular flexibility index (Phi) is 8.81. The fraction of sp³-hybridized carbons (Fsp3) is 0.258. The number of rotatable bonds is 9. The first-order valence-electron chi connectivity index (χ1n) is 13.2. The van der Waals surface area contributed by atoms with Crippen LogP contribution in [0.5, 0.6) is 0 Å². The Morgan fingerprint density at radius 2 is 1.37 bits per heavy atom. The third kappa shape index (κ3) is 7.57. The molecule has 0 radical (unpaired) electrons. The van der Waals surface area contributed by atoms with Crippen LogP contribution in [0, 0.1) is 0 Å². The molecule has 1 unspecified atom stereocenters. The van der Waals surface area contributed by atoms with Gasteiger partial charge in [-0.3, -0.25) is 24.1 Å². The van der Waals surface area contributed by atoms with Crippen LogP contribution < -0.4 is 16.0 Å². The number of hydrogen-bond acceptors (Lipinski definition) is 6. The van der Waals surface area contributed by atoms with Crippen LogP contribution in [0.1, 0.15) is 52.6 Å². The summed E-state index contributed by atoms with van der Waals surface area (Å²) < 4.78 is 5.10. The van der Waals surface area contributed by atoms with E-state index in [2.05, 4.69) is 16.0 Å². The first-order chi connectivity index (χ1) is 19.5. The number of nitrogens with one attached hydrogen (secondary N) is 3. The molecule has 4 rings (SSSR count). The van der Waals surface area contributed by atoms with Crippen molar-refractivity contribution in [3.63, 3.8) is 0 Å². The lowest BCUT2D eigenvalue weighted by Crippen LogP contribution is -2.48. The molecule has 3 aromatic carbocycles. The Morgan fingerprint density at radius 1 is 0.780 bits per heavy atom. The van der Waals surface area contributed by atoms with E-state index in [0.717, 1.165) is 16.0 Å². The molecule has 41 heavy (non-hydrogen) atoms. The lowest BCUT2D eigenvalue weighted by atomic mass is 10.0. The first kappa shape index (κ1) is 29.0. The number of anilines is 1. The van der Waals surface area contributed by atoms with Crippen LogP contribution in [0.15, 0.2) is 78.9 Å². The molecule has 0 bridgehead atoms. The van der Waals surface area contributed by atoms with Crippen LogP contribution in [-0.4, -0.2) is 52.8 Å². The van der Waals surface area contributed by atoms with Crippen molar-refractivity contribution in [3.05, 3.63) is 101 Å². The van der Waals surface area contributed by atoms with Gasteiger partial charge in [-0.05, 0) is 56.2 Å². The number of imide groups is 1. The van der Waals surface area contributed by atoms with E-state index in [1.165, 1.54) is 0 Å². The van der Waals surface area contributed by atoms with Crippen molar-refractivity contribution in [2.75, 3.05) is 11.9 Å². The van der Waals surface area contributed by atoms with Gasteiger partial charge in [0.15, 0.2) is 0 Å². The summed E-state index contributed by atoms with van der Waals surface area (Å²) in [5.41, 5.74) is 1.91. The maximum Gasteiger partial charge on any atom is 0.408 e. The molecule has 10 heteroatoms. The molecule has 3 aromatic rings. The summed E-state index contributed by atoms with van der Waals surface area (Å²) in [5, 5.41) is 7.91. The average Bonchev–Trinajstić information content (AvgIpc) is 3.19. The Balaban J connectivity index is 1.39. The molecule has 5 amide bonds. The standard InChI is InChI=1S/C31H32N4O6/c1-31(2,3)41-30(40)33-19-26(36)32-18-21-13-15-22(16-14-21)34-27(37)25(17-20-9-5-4-6-10-20)35-28(38)23-11-7-8-12-24(23)29(35)39/h4-16,25H,17-19H2,1-3H3,(H,32,36)(H,33,40)(H,34,37). The highest BCUT2D eigenvalue weighted by molar-refractivity contribution is 6.23.